The maximum atomic E-state index is 11.6. The molecule has 26 heavy (non-hydrogen) atoms. The molecule has 3 rings (SSSR count). The van der Waals surface area contributed by atoms with Gasteiger partial charge in [-0.05, 0) is 48.9 Å². The van der Waals surface area contributed by atoms with Crippen LogP contribution in [0.2, 0.25) is 0 Å². The highest BCUT2D eigenvalue weighted by Gasteiger charge is 2.17. The Hall–Kier alpha value is -2.87. The monoisotopic (exact) mass is 357 g/mol. The molecular formula is C18H23N5O3. The fourth-order valence-corrected chi connectivity index (χ4v) is 3.14. The number of carboxylic acids is 1. The predicted octanol–water partition coefficient (Wildman–Crippen LogP) is 0.537. The predicted molar refractivity (Wildman–Crippen MR) is 97.0 cm³/mol. The Balaban J connectivity index is 1.71. The number of primary amides is 1. The van der Waals surface area contributed by atoms with E-state index in [0.717, 1.165) is 36.5 Å². The summed E-state index contributed by atoms with van der Waals surface area (Å²) in [5, 5.41) is 12.3. The van der Waals surface area contributed by atoms with Crippen LogP contribution in [-0.2, 0) is 30.6 Å². The highest BCUT2D eigenvalue weighted by molar-refractivity contribution is 5.91. The van der Waals surface area contributed by atoms with Crippen LogP contribution in [0.3, 0.4) is 0 Å². The maximum Gasteiger partial charge on any atom is 0.322 e. The van der Waals surface area contributed by atoms with Gasteiger partial charge in [-0.1, -0.05) is 6.07 Å². The second-order valence-electron chi connectivity index (χ2n) is 6.54. The number of hydrogen-bond donors (Lipinski definition) is 4. The van der Waals surface area contributed by atoms with Crippen LogP contribution in [0, 0.1) is 0 Å². The van der Waals surface area contributed by atoms with Crippen LogP contribution in [-0.4, -0.2) is 39.1 Å². The fraction of sp³-hybridized carbons (Fsp3) is 0.389. The highest BCUT2D eigenvalue weighted by Crippen LogP contribution is 2.20. The van der Waals surface area contributed by atoms with Crippen molar-refractivity contribution in [1.29, 1.82) is 0 Å². The molecule has 138 valence electrons. The van der Waals surface area contributed by atoms with Crippen LogP contribution < -0.4 is 16.8 Å². The van der Waals surface area contributed by atoms with Crippen molar-refractivity contribution in [2.75, 3.05) is 11.9 Å². The summed E-state index contributed by atoms with van der Waals surface area (Å²) in [7, 11) is 0. The van der Waals surface area contributed by atoms with Gasteiger partial charge in [-0.25, -0.2) is 4.98 Å². The lowest BCUT2D eigenvalue weighted by Crippen LogP contribution is -2.35. The average Bonchev–Trinajstić information content (AvgIpc) is 3.02. The molecule has 0 spiro atoms. The van der Waals surface area contributed by atoms with Crippen molar-refractivity contribution in [3.63, 3.8) is 0 Å². The molecule has 0 saturated heterocycles. The van der Waals surface area contributed by atoms with Gasteiger partial charge in [0.15, 0.2) is 0 Å². The lowest BCUT2D eigenvalue weighted by molar-refractivity contribution is -0.138. The molecule has 0 saturated carbocycles. The Morgan fingerprint density at radius 1 is 1.35 bits per heavy atom. The van der Waals surface area contributed by atoms with Crippen LogP contribution in [0.15, 0.2) is 24.4 Å². The van der Waals surface area contributed by atoms with Gasteiger partial charge in [0.1, 0.15) is 17.6 Å². The van der Waals surface area contributed by atoms with Crippen molar-refractivity contribution < 1.29 is 14.7 Å². The summed E-state index contributed by atoms with van der Waals surface area (Å²) in [6, 6.07) is 4.73. The number of nitrogens with zero attached hydrogens (tertiary/aromatic N) is 2. The summed E-state index contributed by atoms with van der Waals surface area (Å²) in [5.41, 5.74) is 14.3. The van der Waals surface area contributed by atoms with E-state index in [9.17, 15) is 9.59 Å². The lowest BCUT2D eigenvalue weighted by atomic mass is 10.1. The minimum absolute atomic E-state index is 0.00534. The zero-order chi connectivity index (χ0) is 18.7. The SMILES string of the molecule is NC(=O)c1cc(CCc2ccc3c(n2)NCCC3)cn1C[C@H](N)C(=O)O. The number of aliphatic carboxylic acids is 1. The number of aryl methyl sites for hydroxylation is 3. The molecule has 2 aromatic heterocycles. The number of nitrogens with two attached hydrogens (primary N) is 2. The van der Waals surface area contributed by atoms with E-state index in [1.165, 1.54) is 10.1 Å². The first-order valence-electron chi connectivity index (χ1n) is 8.64. The van der Waals surface area contributed by atoms with Crippen molar-refractivity contribution in [1.82, 2.24) is 9.55 Å². The van der Waals surface area contributed by atoms with Crippen molar-refractivity contribution in [3.05, 3.63) is 46.9 Å². The topological polar surface area (TPSA) is 136 Å². The summed E-state index contributed by atoms with van der Waals surface area (Å²) in [6.07, 6.45) is 5.28. The van der Waals surface area contributed by atoms with E-state index in [1.54, 1.807) is 12.3 Å². The molecule has 3 heterocycles. The van der Waals surface area contributed by atoms with Crippen molar-refractivity contribution in [3.8, 4) is 0 Å². The minimum Gasteiger partial charge on any atom is -0.480 e. The lowest BCUT2D eigenvalue weighted by Gasteiger charge is -2.17. The number of hydrogen-bond acceptors (Lipinski definition) is 5. The number of anilines is 1. The van der Waals surface area contributed by atoms with Crippen LogP contribution >= 0.6 is 0 Å². The molecule has 0 aliphatic carbocycles. The number of rotatable bonds is 7. The maximum absolute atomic E-state index is 11.6. The third kappa shape index (κ3) is 4.02. The Labute approximate surface area is 151 Å². The number of aromatic nitrogens is 2. The largest absolute Gasteiger partial charge is 0.480 e. The zero-order valence-corrected chi connectivity index (χ0v) is 14.4. The molecule has 0 unspecified atom stereocenters. The first-order chi connectivity index (χ1) is 12.4. The number of carbonyl (C=O) groups excluding carboxylic acids is 1. The summed E-state index contributed by atoms with van der Waals surface area (Å²) in [5.74, 6) is -0.775. The van der Waals surface area contributed by atoms with Gasteiger partial charge < -0.3 is 26.5 Å². The van der Waals surface area contributed by atoms with Gasteiger partial charge in [-0.15, -0.1) is 0 Å². The van der Waals surface area contributed by atoms with E-state index in [-0.39, 0.29) is 12.2 Å². The number of fused-ring (bicyclic) bond motifs is 1. The molecule has 0 bridgehead atoms. The highest BCUT2D eigenvalue weighted by atomic mass is 16.4. The summed E-state index contributed by atoms with van der Waals surface area (Å²) < 4.78 is 1.51. The smallest absolute Gasteiger partial charge is 0.322 e. The number of amides is 1. The molecule has 8 heteroatoms. The first-order valence-corrected chi connectivity index (χ1v) is 8.64. The number of carboxylic acid groups (broad SMARTS) is 1. The Kier molecular flexibility index (Phi) is 5.22. The van der Waals surface area contributed by atoms with E-state index in [2.05, 4.69) is 16.4 Å². The number of nitrogens with one attached hydrogen (secondary N) is 1. The number of pyridine rings is 1. The van der Waals surface area contributed by atoms with Gasteiger partial charge in [-0.2, -0.15) is 0 Å². The van der Waals surface area contributed by atoms with Gasteiger partial charge in [0.25, 0.3) is 5.91 Å². The second-order valence-corrected chi connectivity index (χ2v) is 6.54. The summed E-state index contributed by atoms with van der Waals surface area (Å²) in [4.78, 5) is 27.2. The Bertz CT molecular complexity index is 830. The van der Waals surface area contributed by atoms with Gasteiger partial charge in [-0.3, -0.25) is 9.59 Å². The van der Waals surface area contributed by atoms with Crippen molar-refractivity contribution in [2.24, 2.45) is 11.5 Å². The zero-order valence-electron chi connectivity index (χ0n) is 14.4. The molecular weight excluding hydrogens is 334 g/mol. The second kappa shape index (κ2) is 7.57. The fourth-order valence-electron chi connectivity index (χ4n) is 3.14. The molecule has 6 N–H and O–H groups in total. The Morgan fingerprint density at radius 3 is 2.88 bits per heavy atom. The molecule has 0 fully saturated rings. The third-order valence-corrected chi connectivity index (χ3v) is 4.54. The number of carbonyl (C=O) groups is 2. The van der Waals surface area contributed by atoms with Crippen molar-refractivity contribution >= 4 is 17.7 Å². The Morgan fingerprint density at radius 2 is 2.15 bits per heavy atom. The standard InChI is InChI=1S/C18H23N5O3/c19-14(18(25)26)10-23-9-11(8-15(23)16(20)24)3-5-13-6-4-12-2-1-7-21-17(12)22-13/h4,6,8-9,14H,1-3,5,7,10,19H2,(H2,20,24)(H,21,22)(H,25,26)/t14-/m0/s1. The quantitative estimate of drug-likeness (QED) is 0.571. The summed E-state index contributed by atoms with van der Waals surface area (Å²) in [6.45, 7) is 0.937. The van der Waals surface area contributed by atoms with E-state index in [4.69, 9.17) is 16.6 Å². The molecule has 1 aliphatic heterocycles. The van der Waals surface area contributed by atoms with Gasteiger partial charge in [0.2, 0.25) is 0 Å². The molecule has 0 aromatic carbocycles. The molecule has 1 atom stereocenters. The summed E-state index contributed by atoms with van der Waals surface area (Å²) >= 11 is 0. The third-order valence-electron chi connectivity index (χ3n) is 4.54. The first kappa shape index (κ1) is 17.9. The van der Waals surface area contributed by atoms with Crippen LogP contribution in [0.25, 0.3) is 0 Å². The van der Waals surface area contributed by atoms with E-state index < -0.39 is 17.9 Å². The average molecular weight is 357 g/mol. The molecule has 2 aromatic rings. The molecule has 1 amide bonds. The molecule has 0 radical (unpaired) electrons. The molecule has 8 nitrogen and oxygen atoms in total. The van der Waals surface area contributed by atoms with Gasteiger partial charge in [0.05, 0.1) is 0 Å². The van der Waals surface area contributed by atoms with Crippen LogP contribution in [0.5, 0.6) is 0 Å². The van der Waals surface area contributed by atoms with E-state index in [0.29, 0.717) is 12.8 Å². The molecule has 1 aliphatic rings. The minimum atomic E-state index is -1.12. The van der Waals surface area contributed by atoms with Gasteiger partial charge >= 0.3 is 5.97 Å². The van der Waals surface area contributed by atoms with E-state index >= 15 is 0 Å². The van der Waals surface area contributed by atoms with Gasteiger partial charge in [0, 0.05) is 25.0 Å². The van der Waals surface area contributed by atoms with Crippen LogP contribution in [0.4, 0.5) is 5.82 Å². The normalized spacial score (nSPS) is 14.3. The van der Waals surface area contributed by atoms with E-state index in [1.807, 2.05) is 6.07 Å². The van der Waals surface area contributed by atoms with Crippen molar-refractivity contribution in [2.45, 2.75) is 38.3 Å². The van der Waals surface area contributed by atoms with Crippen LogP contribution in [0.1, 0.15) is 33.7 Å².